The molecule has 0 radical (unpaired) electrons. The summed E-state index contributed by atoms with van der Waals surface area (Å²) in [5, 5.41) is 3.79. The van der Waals surface area contributed by atoms with E-state index >= 15 is 0 Å². The first-order chi connectivity index (χ1) is 17.4. The summed E-state index contributed by atoms with van der Waals surface area (Å²) in [4.78, 5) is 38.9. The van der Waals surface area contributed by atoms with Gasteiger partial charge in [-0.15, -0.1) is 0 Å². The lowest BCUT2D eigenvalue weighted by Gasteiger charge is -2.25. The molecule has 0 spiro atoms. The van der Waals surface area contributed by atoms with Crippen molar-refractivity contribution in [1.29, 1.82) is 0 Å². The molecule has 0 aliphatic carbocycles. The van der Waals surface area contributed by atoms with E-state index in [1.807, 2.05) is 54.1 Å². The molecule has 1 aliphatic rings. The van der Waals surface area contributed by atoms with Crippen molar-refractivity contribution in [3.63, 3.8) is 0 Å². The van der Waals surface area contributed by atoms with Gasteiger partial charge < -0.3 is 13.7 Å². The molecule has 1 aliphatic heterocycles. The van der Waals surface area contributed by atoms with Crippen LogP contribution in [0.3, 0.4) is 0 Å². The fraction of sp³-hybridized carbons (Fsp3) is 0.148. The molecule has 36 heavy (non-hydrogen) atoms. The Morgan fingerprint density at radius 2 is 1.92 bits per heavy atom. The van der Waals surface area contributed by atoms with E-state index < -0.39 is 17.8 Å². The van der Waals surface area contributed by atoms with Gasteiger partial charge in [0.05, 0.1) is 19.4 Å². The van der Waals surface area contributed by atoms with Crippen LogP contribution in [0.15, 0.2) is 77.0 Å². The van der Waals surface area contributed by atoms with Gasteiger partial charge in [0.1, 0.15) is 23.7 Å². The monoisotopic (exact) mass is 503 g/mol. The molecular weight excluding hydrogens is 482 g/mol. The normalized spacial score (nSPS) is 15.1. The van der Waals surface area contributed by atoms with Gasteiger partial charge in [-0.25, -0.2) is 4.79 Å². The van der Waals surface area contributed by atoms with Gasteiger partial charge in [0.2, 0.25) is 0 Å². The number of nitrogens with one attached hydrogen (secondary N) is 1. The molecule has 5 rings (SSSR count). The summed E-state index contributed by atoms with van der Waals surface area (Å²) in [7, 11) is 0. The molecule has 3 heterocycles. The van der Waals surface area contributed by atoms with Crippen LogP contribution in [0.5, 0.6) is 5.75 Å². The topological polar surface area (TPSA) is 93.8 Å². The van der Waals surface area contributed by atoms with E-state index in [0.717, 1.165) is 27.1 Å². The van der Waals surface area contributed by atoms with Crippen LogP contribution in [0.2, 0.25) is 5.02 Å². The average Bonchev–Trinajstić information content (AvgIpc) is 3.50. The van der Waals surface area contributed by atoms with Gasteiger partial charge in [-0.2, -0.15) is 0 Å². The molecule has 2 aromatic carbocycles. The van der Waals surface area contributed by atoms with Crippen LogP contribution in [0, 0.1) is 6.92 Å². The number of benzene rings is 2. The molecule has 8 nitrogen and oxygen atoms in total. The number of imide groups is 2. The van der Waals surface area contributed by atoms with Crippen molar-refractivity contribution >= 4 is 46.4 Å². The Bertz CT molecular complexity index is 1500. The van der Waals surface area contributed by atoms with Crippen LogP contribution in [0.4, 0.5) is 4.79 Å². The molecule has 182 valence electrons. The number of amides is 4. The SMILES string of the molecule is Cc1cc(OCCn2cc(/C=C3/C(=O)NC(=O)N(Cc4ccco4)C3=O)c3ccccc32)ccc1Cl. The van der Waals surface area contributed by atoms with Crippen LogP contribution in [-0.2, 0) is 22.7 Å². The third-order valence-corrected chi connectivity index (χ3v) is 6.35. The van der Waals surface area contributed by atoms with Crippen LogP contribution in [-0.4, -0.2) is 33.9 Å². The van der Waals surface area contributed by atoms with E-state index in [4.69, 9.17) is 20.8 Å². The number of hydrogen-bond acceptors (Lipinski definition) is 5. The molecule has 9 heteroatoms. The Labute approximate surface area is 211 Å². The number of aryl methyl sites for hydroxylation is 1. The summed E-state index contributed by atoms with van der Waals surface area (Å²) >= 11 is 6.09. The van der Waals surface area contributed by atoms with E-state index in [2.05, 4.69) is 5.32 Å². The fourth-order valence-corrected chi connectivity index (χ4v) is 4.21. The van der Waals surface area contributed by atoms with Crippen LogP contribution in [0.25, 0.3) is 17.0 Å². The van der Waals surface area contributed by atoms with Crippen LogP contribution >= 0.6 is 11.6 Å². The third-order valence-electron chi connectivity index (χ3n) is 5.93. The number of rotatable bonds is 7. The van der Waals surface area contributed by atoms with Crippen molar-refractivity contribution in [1.82, 2.24) is 14.8 Å². The van der Waals surface area contributed by atoms with Crippen LogP contribution in [0.1, 0.15) is 16.9 Å². The highest BCUT2D eigenvalue weighted by Crippen LogP contribution is 2.26. The predicted molar refractivity (Wildman–Crippen MR) is 134 cm³/mol. The zero-order chi connectivity index (χ0) is 25.2. The minimum absolute atomic E-state index is 0.0778. The fourth-order valence-electron chi connectivity index (χ4n) is 4.10. The molecule has 1 fully saturated rings. The largest absolute Gasteiger partial charge is 0.492 e. The number of barbiturate groups is 1. The van der Waals surface area contributed by atoms with Crippen molar-refractivity contribution < 1.29 is 23.5 Å². The van der Waals surface area contributed by atoms with Crippen molar-refractivity contribution in [3.05, 3.63) is 94.5 Å². The Kier molecular flexibility index (Phi) is 6.35. The molecule has 0 atom stereocenters. The van der Waals surface area contributed by atoms with Gasteiger partial charge in [-0.05, 0) is 55.0 Å². The number of ether oxygens (including phenoxy) is 1. The first kappa shape index (κ1) is 23.4. The van der Waals surface area contributed by atoms with E-state index in [9.17, 15) is 14.4 Å². The van der Waals surface area contributed by atoms with E-state index in [1.54, 1.807) is 18.2 Å². The molecule has 1 N–H and O–H groups in total. The summed E-state index contributed by atoms with van der Waals surface area (Å²) in [5.41, 5.74) is 2.41. The number of carbonyl (C=O) groups excluding carboxylic acids is 3. The summed E-state index contributed by atoms with van der Waals surface area (Å²) in [6.45, 7) is 2.78. The molecule has 0 unspecified atom stereocenters. The molecule has 0 bridgehead atoms. The highest BCUT2D eigenvalue weighted by molar-refractivity contribution is 6.31. The predicted octanol–water partition coefficient (Wildman–Crippen LogP) is 4.94. The standard InChI is InChI=1S/C27H22ClN3O5/c1-17-13-19(8-9-23(17)28)36-12-10-30-15-18(21-6-2-3-7-24(21)30)14-22-25(32)29-27(34)31(26(22)33)16-20-5-4-11-35-20/h2-9,11,13-15H,10,12,16H2,1H3,(H,29,32,34)/b22-14-. The van der Waals surface area contributed by atoms with Gasteiger partial charge in [-0.1, -0.05) is 29.8 Å². The lowest BCUT2D eigenvalue weighted by atomic mass is 10.1. The number of furan rings is 1. The zero-order valence-electron chi connectivity index (χ0n) is 19.4. The van der Waals surface area contributed by atoms with Gasteiger partial charge in [-0.3, -0.25) is 19.8 Å². The van der Waals surface area contributed by atoms with Crippen LogP contribution < -0.4 is 10.1 Å². The van der Waals surface area contributed by atoms with E-state index in [-0.39, 0.29) is 12.1 Å². The van der Waals surface area contributed by atoms with Gasteiger partial charge >= 0.3 is 6.03 Å². The summed E-state index contributed by atoms with van der Waals surface area (Å²) < 4.78 is 13.2. The molecule has 0 saturated carbocycles. The average molecular weight is 504 g/mol. The van der Waals surface area contributed by atoms with Gasteiger partial charge in [0, 0.05) is 27.7 Å². The van der Waals surface area contributed by atoms with Gasteiger partial charge in [0.25, 0.3) is 11.8 Å². The number of aromatic nitrogens is 1. The van der Waals surface area contributed by atoms with Gasteiger partial charge in [0.15, 0.2) is 0 Å². The maximum atomic E-state index is 13.1. The Morgan fingerprint density at radius 3 is 2.69 bits per heavy atom. The van der Waals surface area contributed by atoms with E-state index in [0.29, 0.717) is 29.5 Å². The first-order valence-corrected chi connectivity index (χ1v) is 11.7. The first-order valence-electron chi connectivity index (χ1n) is 11.3. The summed E-state index contributed by atoms with van der Waals surface area (Å²) in [6, 6.07) is 15.7. The van der Waals surface area contributed by atoms with Crippen molar-refractivity contribution in [3.8, 4) is 5.75 Å². The highest BCUT2D eigenvalue weighted by atomic mass is 35.5. The van der Waals surface area contributed by atoms with Crippen molar-refractivity contribution in [2.24, 2.45) is 0 Å². The molecule has 1 saturated heterocycles. The van der Waals surface area contributed by atoms with Crippen molar-refractivity contribution in [2.75, 3.05) is 6.61 Å². The minimum Gasteiger partial charge on any atom is -0.492 e. The smallest absolute Gasteiger partial charge is 0.331 e. The Morgan fingerprint density at radius 1 is 1.08 bits per heavy atom. The quantitative estimate of drug-likeness (QED) is 0.285. The minimum atomic E-state index is -0.782. The maximum absolute atomic E-state index is 13.1. The second kappa shape index (κ2) is 9.75. The second-order valence-electron chi connectivity index (χ2n) is 8.34. The molecular formula is C27H22ClN3O5. The molecule has 4 amide bonds. The Hall–Kier alpha value is -4.30. The maximum Gasteiger partial charge on any atom is 0.331 e. The lowest BCUT2D eigenvalue weighted by molar-refractivity contribution is -0.130. The number of halogens is 1. The van der Waals surface area contributed by atoms with Crippen molar-refractivity contribution in [2.45, 2.75) is 20.0 Å². The number of hydrogen-bond donors (Lipinski definition) is 1. The van der Waals surface area contributed by atoms with E-state index in [1.165, 1.54) is 12.3 Å². The number of urea groups is 1. The summed E-state index contributed by atoms with van der Waals surface area (Å²) in [5.74, 6) is -0.265. The Balaban J connectivity index is 1.40. The zero-order valence-corrected chi connectivity index (χ0v) is 20.1. The number of para-hydroxylation sites is 1. The summed E-state index contributed by atoms with van der Waals surface area (Å²) in [6.07, 6.45) is 4.83. The highest BCUT2D eigenvalue weighted by Gasteiger charge is 2.36. The molecule has 4 aromatic rings. The number of fused-ring (bicyclic) bond motifs is 1. The molecule has 2 aromatic heterocycles. The lowest BCUT2D eigenvalue weighted by Crippen LogP contribution is -2.53. The number of carbonyl (C=O) groups is 3. The third kappa shape index (κ3) is 4.63. The second-order valence-corrected chi connectivity index (χ2v) is 8.75. The number of nitrogens with zero attached hydrogens (tertiary/aromatic N) is 2.